The van der Waals surface area contributed by atoms with E-state index in [0.29, 0.717) is 44.3 Å². The van der Waals surface area contributed by atoms with E-state index in [1.165, 1.54) is 12.1 Å². The van der Waals surface area contributed by atoms with Crippen LogP contribution in [0.25, 0.3) is 0 Å². The number of halogens is 3. The Morgan fingerprint density at radius 1 is 0.885 bits per heavy atom. The summed E-state index contributed by atoms with van der Waals surface area (Å²) in [5, 5.41) is 0. The van der Waals surface area contributed by atoms with E-state index < -0.39 is 20.5 Å². The molecule has 150 valence electrons. The van der Waals surface area contributed by atoms with Gasteiger partial charge in [-0.2, -0.15) is 13.2 Å². The zero-order valence-electron chi connectivity index (χ0n) is 16.0. The fourth-order valence-electron chi connectivity index (χ4n) is 2.53. The minimum Gasteiger partial charge on any atom is -0.373 e. The zero-order chi connectivity index (χ0) is 19.5. The van der Waals surface area contributed by atoms with Gasteiger partial charge in [0, 0.05) is 25.9 Å². The van der Waals surface area contributed by atoms with Gasteiger partial charge in [-0.1, -0.05) is 39.0 Å². The quantitative estimate of drug-likeness (QED) is 0.394. The highest BCUT2D eigenvalue weighted by molar-refractivity contribution is 6.60. The molecule has 26 heavy (non-hydrogen) atoms. The van der Waals surface area contributed by atoms with E-state index in [-0.39, 0.29) is 0 Å². The highest BCUT2D eigenvalue weighted by atomic mass is 28.4. The van der Waals surface area contributed by atoms with Crippen LogP contribution in [0, 0.1) is 0 Å². The first kappa shape index (κ1) is 23.1. The third-order valence-electron chi connectivity index (χ3n) is 3.78. The van der Waals surface area contributed by atoms with Gasteiger partial charge in [0.15, 0.2) is 0 Å². The SMILES string of the molecule is CCCO[Si](CCCc1cccc(C(F)(F)F)c1)(OCCC)OCCC. The molecule has 0 aliphatic carbocycles. The van der Waals surface area contributed by atoms with Crippen LogP contribution >= 0.6 is 0 Å². The number of benzene rings is 1. The molecule has 1 aromatic carbocycles. The first-order valence-electron chi connectivity index (χ1n) is 9.45. The molecule has 0 N–H and O–H groups in total. The van der Waals surface area contributed by atoms with Crippen molar-refractivity contribution in [2.24, 2.45) is 0 Å². The van der Waals surface area contributed by atoms with Crippen molar-refractivity contribution < 1.29 is 26.4 Å². The summed E-state index contributed by atoms with van der Waals surface area (Å²) in [6.07, 6.45) is -0.495. The van der Waals surface area contributed by atoms with Crippen molar-refractivity contribution in [2.45, 2.75) is 65.1 Å². The van der Waals surface area contributed by atoms with Crippen molar-refractivity contribution in [1.82, 2.24) is 0 Å². The molecule has 0 radical (unpaired) electrons. The minimum absolute atomic E-state index is 0.541. The Labute approximate surface area is 156 Å². The average molecular weight is 393 g/mol. The Kier molecular flexibility index (Phi) is 10.5. The molecule has 0 bridgehead atoms. The lowest BCUT2D eigenvalue weighted by molar-refractivity contribution is -0.137. The Morgan fingerprint density at radius 3 is 1.88 bits per heavy atom. The van der Waals surface area contributed by atoms with Gasteiger partial charge in [-0.15, -0.1) is 0 Å². The molecule has 0 spiro atoms. The van der Waals surface area contributed by atoms with Gasteiger partial charge in [-0.25, -0.2) is 0 Å². The van der Waals surface area contributed by atoms with Crippen molar-refractivity contribution in [3.05, 3.63) is 35.4 Å². The van der Waals surface area contributed by atoms with Gasteiger partial charge in [-0.3, -0.25) is 0 Å². The molecule has 3 nitrogen and oxygen atoms in total. The summed E-state index contributed by atoms with van der Waals surface area (Å²) < 4.78 is 56.6. The van der Waals surface area contributed by atoms with Crippen LogP contribution in [0.3, 0.4) is 0 Å². The van der Waals surface area contributed by atoms with Crippen molar-refractivity contribution >= 4 is 8.80 Å². The van der Waals surface area contributed by atoms with Crippen LogP contribution in [0.5, 0.6) is 0 Å². The molecule has 0 atom stereocenters. The number of hydrogen-bond acceptors (Lipinski definition) is 3. The molecule has 0 fully saturated rings. The summed E-state index contributed by atoms with van der Waals surface area (Å²) in [6.45, 7) is 7.81. The van der Waals surface area contributed by atoms with Crippen LogP contribution in [0.1, 0.15) is 57.6 Å². The maximum atomic E-state index is 12.8. The molecule has 0 unspecified atom stereocenters. The smallest absolute Gasteiger partial charge is 0.373 e. The lowest BCUT2D eigenvalue weighted by Gasteiger charge is -2.29. The lowest BCUT2D eigenvalue weighted by Crippen LogP contribution is -2.46. The Balaban J connectivity index is 2.74. The van der Waals surface area contributed by atoms with E-state index in [1.807, 2.05) is 20.8 Å². The van der Waals surface area contributed by atoms with E-state index in [4.69, 9.17) is 13.3 Å². The molecule has 0 saturated carbocycles. The van der Waals surface area contributed by atoms with Gasteiger partial charge in [0.2, 0.25) is 0 Å². The van der Waals surface area contributed by atoms with Crippen molar-refractivity contribution in [3.63, 3.8) is 0 Å². The number of hydrogen-bond donors (Lipinski definition) is 0. The van der Waals surface area contributed by atoms with E-state index in [0.717, 1.165) is 25.3 Å². The maximum Gasteiger partial charge on any atom is 0.500 e. The lowest BCUT2D eigenvalue weighted by atomic mass is 10.1. The summed E-state index contributed by atoms with van der Waals surface area (Å²) in [5.41, 5.74) is 0.0643. The molecule has 0 amide bonds. The highest BCUT2D eigenvalue weighted by Crippen LogP contribution is 2.30. The van der Waals surface area contributed by atoms with Gasteiger partial charge in [0.05, 0.1) is 5.56 Å². The molecule has 0 aliphatic heterocycles. The second-order valence-electron chi connectivity index (χ2n) is 6.28. The molecule has 1 rings (SSSR count). The van der Waals surface area contributed by atoms with E-state index >= 15 is 0 Å². The summed E-state index contributed by atoms with van der Waals surface area (Å²) >= 11 is 0. The molecular weight excluding hydrogens is 361 g/mol. The first-order chi connectivity index (χ1) is 12.4. The van der Waals surface area contributed by atoms with E-state index in [1.54, 1.807) is 6.07 Å². The van der Waals surface area contributed by atoms with Crippen LogP contribution in [0.15, 0.2) is 24.3 Å². The van der Waals surface area contributed by atoms with Crippen molar-refractivity contribution in [1.29, 1.82) is 0 Å². The topological polar surface area (TPSA) is 27.7 Å². The maximum absolute atomic E-state index is 12.8. The van der Waals surface area contributed by atoms with Gasteiger partial charge >= 0.3 is 15.0 Å². The van der Waals surface area contributed by atoms with Crippen molar-refractivity contribution in [2.75, 3.05) is 19.8 Å². The number of alkyl halides is 3. The fraction of sp³-hybridized carbons (Fsp3) is 0.684. The van der Waals surface area contributed by atoms with Crippen LogP contribution in [-0.2, 0) is 25.9 Å². The molecule has 1 aromatic rings. The van der Waals surface area contributed by atoms with Crippen LogP contribution in [0.2, 0.25) is 6.04 Å². The summed E-state index contributed by atoms with van der Waals surface area (Å²) in [6, 6.07) is 6.11. The average Bonchev–Trinajstić information content (AvgIpc) is 2.62. The molecule has 0 heterocycles. The first-order valence-corrected chi connectivity index (χ1v) is 11.4. The second-order valence-corrected chi connectivity index (χ2v) is 9.01. The summed E-state index contributed by atoms with van der Waals surface area (Å²) in [5.74, 6) is 0. The molecular formula is C19H31F3O3Si. The molecule has 0 saturated heterocycles. The van der Waals surface area contributed by atoms with E-state index in [9.17, 15) is 13.2 Å². The second kappa shape index (κ2) is 11.7. The van der Waals surface area contributed by atoms with Gasteiger partial charge in [0.1, 0.15) is 0 Å². The van der Waals surface area contributed by atoms with Crippen molar-refractivity contribution in [3.8, 4) is 0 Å². The standard InChI is InChI=1S/C19H31F3O3Si/c1-4-12-23-26(24-13-5-2,25-14-6-3)15-8-10-17-9-7-11-18(16-17)19(20,21)22/h7,9,11,16H,4-6,8,10,12-15H2,1-3H3. The molecule has 7 heteroatoms. The third kappa shape index (κ3) is 8.20. The zero-order valence-corrected chi connectivity index (χ0v) is 17.0. The van der Waals surface area contributed by atoms with Crippen LogP contribution in [-0.4, -0.2) is 28.6 Å². The molecule has 0 aromatic heterocycles. The molecule has 0 aliphatic rings. The monoisotopic (exact) mass is 392 g/mol. The predicted molar refractivity (Wildman–Crippen MR) is 99.1 cm³/mol. The van der Waals surface area contributed by atoms with Gasteiger partial charge in [-0.05, 0) is 43.7 Å². The Bertz CT molecular complexity index is 487. The van der Waals surface area contributed by atoms with Gasteiger partial charge in [0.25, 0.3) is 0 Å². The van der Waals surface area contributed by atoms with Crippen LogP contribution in [0.4, 0.5) is 13.2 Å². The van der Waals surface area contributed by atoms with Crippen LogP contribution < -0.4 is 0 Å². The number of rotatable bonds is 13. The predicted octanol–water partition coefficient (Wildman–Crippen LogP) is 5.86. The highest BCUT2D eigenvalue weighted by Gasteiger charge is 2.40. The Hall–Kier alpha value is -0.893. The summed E-state index contributed by atoms with van der Waals surface area (Å²) in [4.78, 5) is 0. The largest absolute Gasteiger partial charge is 0.500 e. The van der Waals surface area contributed by atoms with E-state index in [2.05, 4.69) is 0 Å². The summed E-state index contributed by atoms with van der Waals surface area (Å²) in [7, 11) is -2.78. The fourth-order valence-corrected chi connectivity index (χ4v) is 5.36. The Morgan fingerprint density at radius 2 is 1.42 bits per heavy atom. The number of aryl methyl sites for hydroxylation is 1. The minimum atomic E-state index is -4.31. The van der Waals surface area contributed by atoms with Gasteiger partial charge < -0.3 is 13.3 Å². The normalized spacial score (nSPS) is 12.5. The third-order valence-corrected chi connectivity index (χ3v) is 6.68.